The largest absolute Gasteiger partial charge is 0.497 e. The van der Waals surface area contributed by atoms with Crippen LogP contribution in [0.25, 0.3) is 0 Å². The van der Waals surface area contributed by atoms with Gasteiger partial charge in [0.05, 0.1) is 12.5 Å². The van der Waals surface area contributed by atoms with Crippen molar-refractivity contribution >= 4 is 27.5 Å². The quantitative estimate of drug-likeness (QED) is 0.780. The number of fused-ring (bicyclic) bond motifs is 1. The summed E-state index contributed by atoms with van der Waals surface area (Å²) in [7, 11) is 3.44. The highest BCUT2D eigenvalue weighted by molar-refractivity contribution is 9.09. The van der Waals surface area contributed by atoms with Gasteiger partial charge < -0.3 is 9.64 Å². The van der Waals surface area contributed by atoms with Crippen LogP contribution in [0.1, 0.15) is 12.5 Å². The number of benzene rings is 1. The fourth-order valence-corrected chi connectivity index (χ4v) is 2.64. The van der Waals surface area contributed by atoms with Crippen LogP contribution in [0.3, 0.4) is 0 Å². The van der Waals surface area contributed by atoms with Gasteiger partial charge >= 0.3 is 0 Å². The van der Waals surface area contributed by atoms with E-state index in [0.717, 1.165) is 17.0 Å². The molecule has 2 rings (SSSR count). The van der Waals surface area contributed by atoms with Crippen molar-refractivity contribution in [3.8, 4) is 5.75 Å². The number of ether oxygens (including phenoxy) is 1. The molecule has 3 nitrogen and oxygen atoms in total. The van der Waals surface area contributed by atoms with E-state index < -0.39 is 5.41 Å². The molecule has 1 heterocycles. The van der Waals surface area contributed by atoms with Crippen LogP contribution in [0.2, 0.25) is 0 Å². The molecule has 4 heteroatoms. The summed E-state index contributed by atoms with van der Waals surface area (Å²) in [6.45, 7) is 1.95. The van der Waals surface area contributed by atoms with Gasteiger partial charge in [-0.05, 0) is 30.7 Å². The zero-order valence-corrected chi connectivity index (χ0v) is 11.2. The molecule has 1 unspecified atom stereocenters. The topological polar surface area (TPSA) is 29.5 Å². The average molecular weight is 284 g/mol. The van der Waals surface area contributed by atoms with E-state index in [1.54, 1.807) is 12.0 Å². The number of hydrogen-bond donors (Lipinski definition) is 0. The predicted octanol–water partition coefficient (Wildman–Crippen LogP) is 2.32. The third-order valence-corrected chi connectivity index (χ3v) is 4.32. The van der Waals surface area contributed by atoms with Gasteiger partial charge in [0.2, 0.25) is 5.91 Å². The smallest absolute Gasteiger partial charge is 0.238 e. The monoisotopic (exact) mass is 283 g/mol. The summed E-state index contributed by atoms with van der Waals surface area (Å²) in [5.74, 6) is 0.904. The molecule has 1 atom stereocenters. The Morgan fingerprint density at radius 2 is 2.19 bits per heavy atom. The Morgan fingerprint density at radius 1 is 1.50 bits per heavy atom. The van der Waals surface area contributed by atoms with E-state index in [1.807, 2.05) is 32.2 Å². The van der Waals surface area contributed by atoms with Crippen LogP contribution in [0, 0.1) is 0 Å². The molecule has 1 aliphatic rings. The molecular weight excluding hydrogens is 270 g/mol. The lowest BCUT2D eigenvalue weighted by atomic mass is 9.86. The minimum absolute atomic E-state index is 0.118. The summed E-state index contributed by atoms with van der Waals surface area (Å²) >= 11 is 3.43. The van der Waals surface area contributed by atoms with Crippen molar-refractivity contribution in [3.05, 3.63) is 23.8 Å². The molecule has 1 amide bonds. The van der Waals surface area contributed by atoms with Gasteiger partial charge in [0, 0.05) is 18.1 Å². The molecule has 0 fully saturated rings. The highest BCUT2D eigenvalue weighted by Crippen LogP contribution is 2.43. The van der Waals surface area contributed by atoms with Crippen LogP contribution >= 0.6 is 15.9 Å². The molecule has 0 saturated carbocycles. The van der Waals surface area contributed by atoms with E-state index in [4.69, 9.17) is 4.74 Å². The van der Waals surface area contributed by atoms with Crippen LogP contribution in [-0.2, 0) is 10.2 Å². The van der Waals surface area contributed by atoms with Crippen molar-refractivity contribution in [2.24, 2.45) is 0 Å². The summed E-state index contributed by atoms with van der Waals surface area (Å²) in [6, 6.07) is 5.75. The number of halogens is 1. The number of rotatable bonds is 2. The summed E-state index contributed by atoms with van der Waals surface area (Å²) < 4.78 is 5.20. The summed E-state index contributed by atoms with van der Waals surface area (Å²) in [5, 5.41) is 0.614. The lowest BCUT2D eigenvalue weighted by molar-refractivity contribution is -0.121. The fraction of sp³-hybridized carbons (Fsp3) is 0.417. The molecule has 0 saturated heterocycles. The number of hydrogen-bond acceptors (Lipinski definition) is 2. The Balaban J connectivity index is 2.62. The van der Waals surface area contributed by atoms with Crippen molar-refractivity contribution in [3.63, 3.8) is 0 Å². The van der Waals surface area contributed by atoms with Gasteiger partial charge in [0.15, 0.2) is 0 Å². The zero-order valence-electron chi connectivity index (χ0n) is 9.58. The van der Waals surface area contributed by atoms with Crippen molar-refractivity contribution < 1.29 is 9.53 Å². The molecule has 0 aliphatic carbocycles. The van der Waals surface area contributed by atoms with Gasteiger partial charge in [-0.2, -0.15) is 0 Å². The van der Waals surface area contributed by atoms with Gasteiger partial charge in [0.25, 0.3) is 0 Å². The molecule has 0 N–H and O–H groups in total. The molecule has 1 aromatic carbocycles. The number of amides is 1. The second-order valence-corrected chi connectivity index (χ2v) is 4.77. The van der Waals surface area contributed by atoms with Crippen LogP contribution < -0.4 is 9.64 Å². The number of carbonyl (C=O) groups excluding carboxylic acids is 1. The number of likely N-dealkylation sites (N-methyl/N-ethyl adjacent to an activating group) is 1. The zero-order chi connectivity index (χ0) is 11.9. The second-order valence-electron chi connectivity index (χ2n) is 4.21. The van der Waals surface area contributed by atoms with Crippen LogP contribution in [0.5, 0.6) is 5.75 Å². The van der Waals surface area contributed by atoms with E-state index >= 15 is 0 Å². The standard InChI is InChI=1S/C12H14BrNO2/c1-12(7-13)9-6-8(16-3)4-5-10(9)14(2)11(12)15/h4-6H,7H2,1-3H3. The number of carbonyl (C=O) groups is 1. The van der Waals surface area contributed by atoms with Crippen molar-refractivity contribution in [1.29, 1.82) is 0 Å². The Labute approximate surface area is 104 Å². The fourth-order valence-electron chi connectivity index (χ4n) is 2.10. The Bertz CT molecular complexity index is 447. The lowest BCUT2D eigenvalue weighted by Gasteiger charge is -2.19. The Hall–Kier alpha value is -1.03. The number of nitrogens with zero attached hydrogens (tertiary/aromatic N) is 1. The van der Waals surface area contributed by atoms with E-state index in [0.29, 0.717) is 5.33 Å². The highest BCUT2D eigenvalue weighted by atomic mass is 79.9. The molecule has 16 heavy (non-hydrogen) atoms. The second kappa shape index (κ2) is 3.77. The third-order valence-electron chi connectivity index (χ3n) is 3.20. The number of anilines is 1. The number of methoxy groups -OCH3 is 1. The van der Waals surface area contributed by atoms with Crippen LogP contribution in [0.4, 0.5) is 5.69 Å². The first kappa shape index (κ1) is 11.5. The van der Waals surface area contributed by atoms with Crippen molar-refractivity contribution in [2.45, 2.75) is 12.3 Å². The highest BCUT2D eigenvalue weighted by Gasteiger charge is 2.45. The maximum atomic E-state index is 12.2. The maximum absolute atomic E-state index is 12.2. The van der Waals surface area contributed by atoms with E-state index in [9.17, 15) is 4.79 Å². The maximum Gasteiger partial charge on any atom is 0.238 e. The average Bonchev–Trinajstić information content (AvgIpc) is 2.52. The molecule has 0 spiro atoms. The molecule has 0 bridgehead atoms. The first-order valence-corrected chi connectivity index (χ1v) is 6.19. The van der Waals surface area contributed by atoms with Gasteiger partial charge in [-0.25, -0.2) is 0 Å². The van der Waals surface area contributed by atoms with Crippen LogP contribution in [-0.4, -0.2) is 25.4 Å². The first-order valence-electron chi connectivity index (χ1n) is 5.07. The number of alkyl halides is 1. The van der Waals surface area contributed by atoms with Gasteiger partial charge in [-0.1, -0.05) is 15.9 Å². The van der Waals surface area contributed by atoms with Crippen molar-refractivity contribution in [2.75, 3.05) is 24.4 Å². The molecule has 1 aromatic rings. The van der Waals surface area contributed by atoms with Crippen LogP contribution in [0.15, 0.2) is 18.2 Å². The van der Waals surface area contributed by atoms with Crippen molar-refractivity contribution in [1.82, 2.24) is 0 Å². The minimum Gasteiger partial charge on any atom is -0.497 e. The lowest BCUT2D eigenvalue weighted by Crippen LogP contribution is -2.37. The predicted molar refractivity (Wildman–Crippen MR) is 67.6 cm³/mol. The first-order chi connectivity index (χ1) is 7.54. The molecule has 0 radical (unpaired) electrons. The molecular formula is C12H14BrNO2. The molecule has 1 aliphatic heterocycles. The summed E-state index contributed by atoms with van der Waals surface area (Å²) in [5.41, 5.74) is 1.50. The van der Waals surface area contributed by atoms with E-state index in [2.05, 4.69) is 15.9 Å². The Morgan fingerprint density at radius 3 is 2.75 bits per heavy atom. The third kappa shape index (κ3) is 1.36. The minimum atomic E-state index is -0.487. The normalized spacial score (nSPS) is 23.5. The van der Waals surface area contributed by atoms with Gasteiger partial charge in [-0.3, -0.25) is 4.79 Å². The molecule has 0 aromatic heterocycles. The van der Waals surface area contributed by atoms with Gasteiger partial charge in [-0.15, -0.1) is 0 Å². The Kier molecular flexibility index (Phi) is 2.70. The summed E-state index contributed by atoms with van der Waals surface area (Å²) in [6.07, 6.45) is 0. The van der Waals surface area contributed by atoms with E-state index in [-0.39, 0.29) is 5.91 Å². The summed E-state index contributed by atoms with van der Waals surface area (Å²) in [4.78, 5) is 13.9. The van der Waals surface area contributed by atoms with Gasteiger partial charge in [0.1, 0.15) is 5.75 Å². The van der Waals surface area contributed by atoms with E-state index in [1.165, 1.54) is 0 Å². The molecule has 86 valence electrons. The SMILES string of the molecule is COc1ccc2c(c1)C(C)(CBr)C(=O)N2C.